The van der Waals surface area contributed by atoms with E-state index in [1.165, 1.54) is 10.6 Å². The van der Waals surface area contributed by atoms with E-state index in [2.05, 4.69) is 54.5 Å². The largest absolute Gasteiger partial charge is 0.367 e. The summed E-state index contributed by atoms with van der Waals surface area (Å²) in [6.07, 6.45) is 6.25. The van der Waals surface area contributed by atoms with Crippen molar-refractivity contribution in [3.63, 3.8) is 0 Å². The predicted octanol–water partition coefficient (Wildman–Crippen LogP) is 2.44. The van der Waals surface area contributed by atoms with Gasteiger partial charge in [-0.2, -0.15) is 5.10 Å². The monoisotopic (exact) mass is 555 g/mol. The van der Waals surface area contributed by atoms with Crippen LogP contribution < -0.4 is 15.5 Å². The van der Waals surface area contributed by atoms with E-state index in [9.17, 15) is 0 Å². The molecule has 11 heteroatoms. The van der Waals surface area contributed by atoms with Crippen molar-refractivity contribution in [3.05, 3.63) is 46.4 Å². The Hall–Kier alpha value is -2.15. The number of aliphatic imine (C=N–C) groups is 1. The maximum atomic E-state index is 4.80. The molecule has 0 aromatic carbocycles. The number of aryl methyl sites for hydroxylation is 2. The zero-order valence-corrected chi connectivity index (χ0v) is 21.3. The minimum atomic E-state index is 0. The fraction of sp³-hybridized carbons (Fsp3) is 0.500. The zero-order chi connectivity index (χ0) is 20.9. The normalized spacial score (nSPS) is 16.8. The van der Waals surface area contributed by atoms with Crippen molar-refractivity contribution in [1.82, 2.24) is 35.2 Å². The number of nitrogens with zero attached hydrogens (tertiary/aromatic N) is 7. The van der Waals surface area contributed by atoms with Gasteiger partial charge in [-0.25, -0.2) is 4.99 Å². The van der Waals surface area contributed by atoms with Gasteiger partial charge in [0.1, 0.15) is 12.4 Å². The Bertz CT molecular complexity index is 979. The molecule has 1 aliphatic rings. The SMILES string of the molecule is Cc1nnc(CN=C(NCc2cccs2)NC2CCCN(c3cnn(C)c3)C2)n1C.I. The van der Waals surface area contributed by atoms with E-state index in [1.807, 2.05) is 36.5 Å². The molecule has 1 atom stereocenters. The molecular weight excluding hydrogens is 525 g/mol. The standard InChI is InChI=1S/C20H29N9S.HI/c1-15-25-26-19(28(15)3)12-22-20(21-11-18-7-5-9-30-18)24-16-6-4-8-29(13-16)17-10-23-27(2)14-17;/h5,7,9-10,14,16H,4,6,8,11-13H2,1-3H3,(H2,21,22,24);1H. The Labute approximate surface area is 204 Å². The van der Waals surface area contributed by atoms with Crippen LogP contribution in [0.4, 0.5) is 5.69 Å². The second-order valence-electron chi connectivity index (χ2n) is 7.62. The molecule has 0 radical (unpaired) electrons. The molecule has 4 heterocycles. The molecule has 1 unspecified atom stereocenters. The van der Waals surface area contributed by atoms with E-state index in [4.69, 9.17) is 4.99 Å². The van der Waals surface area contributed by atoms with Crippen LogP contribution >= 0.6 is 35.3 Å². The van der Waals surface area contributed by atoms with E-state index in [0.29, 0.717) is 12.6 Å². The molecule has 0 bridgehead atoms. The highest BCUT2D eigenvalue weighted by Gasteiger charge is 2.22. The molecule has 1 aliphatic heterocycles. The van der Waals surface area contributed by atoms with Gasteiger partial charge in [-0.05, 0) is 31.2 Å². The van der Waals surface area contributed by atoms with Crippen LogP contribution in [-0.2, 0) is 27.2 Å². The van der Waals surface area contributed by atoms with Crippen LogP contribution in [0.25, 0.3) is 0 Å². The maximum Gasteiger partial charge on any atom is 0.192 e. The molecule has 168 valence electrons. The van der Waals surface area contributed by atoms with Gasteiger partial charge < -0.3 is 20.1 Å². The van der Waals surface area contributed by atoms with E-state index in [0.717, 1.165) is 50.1 Å². The van der Waals surface area contributed by atoms with Gasteiger partial charge in [0.15, 0.2) is 11.8 Å². The Morgan fingerprint density at radius 3 is 2.87 bits per heavy atom. The molecule has 31 heavy (non-hydrogen) atoms. The highest BCUT2D eigenvalue weighted by Crippen LogP contribution is 2.19. The summed E-state index contributed by atoms with van der Waals surface area (Å²) in [4.78, 5) is 8.47. The molecule has 9 nitrogen and oxygen atoms in total. The second-order valence-corrected chi connectivity index (χ2v) is 8.65. The number of hydrogen-bond donors (Lipinski definition) is 2. The average Bonchev–Trinajstić information content (AvgIpc) is 3.48. The quantitative estimate of drug-likeness (QED) is 0.276. The summed E-state index contributed by atoms with van der Waals surface area (Å²) in [5.74, 6) is 2.55. The summed E-state index contributed by atoms with van der Waals surface area (Å²) in [5, 5.41) is 21.9. The molecule has 4 rings (SSSR count). The van der Waals surface area contributed by atoms with Gasteiger partial charge >= 0.3 is 0 Å². The number of aromatic nitrogens is 5. The lowest BCUT2D eigenvalue weighted by Crippen LogP contribution is -2.51. The summed E-state index contributed by atoms with van der Waals surface area (Å²) in [6, 6.07) is 4.52. The fourth-order valence-electron chi connectivity index (χ4n) is 3.57. The number of piperidine rings is 1. The molecule has 0 aliphatic carbocycles. The van der Waals surface area contributed by atoms with Crippen molar-refractivity contribution in [2.75, 3.05) is 18.0 Å². The number of anilines is 1. The lowest BCUT2D eigenvalue weighted by atomic mass is 10.1. The average molecular weight is 555 g/mol. The topological polar surface area (TPSA) is 88.2 Å². The Balaban J connectivity index is 0.00000272. The minimum absolute atomic E-state index is 0. The highest BCUT2D eigenvalue weighted by molar-refractivity contribution is 14.0. The summed E-state index contributed by atoms with van der Waals surface area (Å²) < 4.78 is 3.83. The van der Waals surface area contributed by atoms with Gasteiger partial charge in [0.25, 0.3) is 0 Å². The van der Waals surface area contributed by atoms with Gasteiger partial charge in [-0.1, -0.05) is 6.07 Å². The molecular formula is C20H30IN9S. The zero-order valence-electron chi connectivity index (χ0n) is 18.2. The number of halogens is 1. The highest BCUT2D eigenvalue weighted by atomic mass is 127. The van der Waals surface area contributed by atoms with E-state index in [1.54, 1.807) is 11.3 Å². The van der Waals surface area contributed by atoms with E-state index < -0.39 is 0 Å². The van der Waals surface area contributed by atoms with Gasteiger partial charge in [0.2, 0.25) is 0 Å². The van der Waals surface area contributed by atoms with Gasteiger partial charge in [0.05, 0.1) is 18.4 Å². The third kappa shape index (κ3) is 6.19. The van der Waals surface area contributed by atoms with Crippen LogP contribution in [0.5, 0.6) is 0 Å². The van der Waals surface area contributed by atoms with Gasteiger partial charge in [-0.3, -0.25) is 4.68 Å². The molecule has 3 aromatic heterocycles. The smallest absolute Gasteiger partial charge is 0.192 e. The van der Waals surface area contributed by atoms with Crippen LogP contribution in [0.1, 0.15) is 29.4 Å². The van der Waals surface area contributed by atoms with Crippen LogP contribution in [0.3, 0.4) is 0 Å². The maximum absolute atomic E-state index is 4.80. The Morgan fingerprint density at radius 1 is 1.32 bits per heavy atom. The number of guanidine groups is 1. The Kier molecular flexibility index (Phi) is 8.29. The fourth-order valence-corrected chi connectivity index (χ4v) is 4.21. The van der Waals surface area contributed by atoms with Crippen molar-refractivity contribution in [1.29, 1.82) is 0 Å². The first-order valence-corrected chi connectivity index (χ1v) is 11.1. The molecule has 0 saturated carbocycles. The van der Waals surface area contributed by atoms with Crippen molar-refractivity contribution in [2.24, 2.45) is 19.1 Å². The van der Waals surface area contributed by atoms with Crippen molar-refractivity contribution >= 4 is 47.0 Å². The first-order chi connectivity index (χ1) is 14.6. The summed E-state index contributed by atoms with van der Waals surface area (Å²) in [7, 11) is 3.93. The van der Waals surface area contributed by atoms with Crippen LogP contribution in [-0.4, -0.2) is 49.6 Å². The van der Waals surface area contributed by atoms with Crippen LogP contribution in [0.15, 0.2) is 34.9 Å². The molecule has 0 amide bonds. The first kappa shape index (κ1) is 23.5. The molecule has 2 N–H and O–H groups in total. The molecule has 0 spiro atoms. The van der Waals surface area contributed by atoms with E-state index in [-0.39, 0.29) is 24.0 Å². The lowest BCUT2D eigenvalue weighted by molar-refractivity contribution is 0.467. The van der Waals surface area contributed by atoms with Crippen LogP contribution in [0, 0.1) is 6.92 Å². The third-order valence-corrected chi connectivity index (χ3v) is 6.27. The number of thiophene rings is 1. The van der Waals surface area contributed by atoms with Crippen molar-refractivity contribution < 1.29 is 0 Å². The van der Waals surface area contributed by atoms with E-state index >= 15 is 0 Å². The summed E-state index contributed by atoms with van der Waals surface area (Å²) in [6.45, 7) is 5.16. The lowest BCUT2D eigenvalue weighted by Gasteiger charge is -2.34. The van der Waals surface area contributed by atoms with Crippen LogP contribution in [0.2, 0.25) is 0 Å². The summed E-state index contributed by atoms with van der Waals surface area (Å²) >= 11 is 1.74. The molecule has 1 saturated heterocycles. The Morgan fingerprint density at radius 2 is 2.19 bits per heavy atom. The number of nitrogens with one attached hydrogen (secondary N) is 2. The third-order valence-electron chi connectivity index (χ3n) is 5.39. The predicted molar refractivity (Wildman–Crippen MR) is 135 cm³/mol. The summed E-state index contributed by atoms with van der Waals surface area (Å²) in [5.41, 5.74) is 1.17. The second kappa shape index (κ2) is 10.9. The molecule has 3 aromatic rings. The van der Waals surface area contributed by atoms with Crippen molar-refractivity contribution in [2.45, 2.75) is 38.9 Å². The number of rotatable bonds is 6. The van der Waals surface area contributed by atoms with Gasteiger partial charge in [0, 0.05) is 44.3 Å². The minimum Gasteiger partial charge on any atom is -0.367 e. The molecule has 1 fully saturated rings. The van der Waals surface area contributed by atoms with Crippen molar-refractivity contribution in [3.8, 4) is 0 Å². The number of hydrogen-bond acceptors (Lipinski definition) is 6. The first-order valence-electron chi connectivity index (χ1n) is 10.2. The van der Waals surface area contributed by atoms with Gasteiger partial charge in [-0.15, -0.1) is 45.5 Å².